The zero-order valence-electron chi connectivity index (χ0n) is 8.99. The number of rotatable bonds is 5. The van der Waals surface area contributed by atoms with Crippen LogP contribution in [0.3, 0.4) is 0 Å². The lowest BCUT2D eigenvalue weighted by molar-refractivity contribution is 0.0691. The van der Waals surface area contributed by atoms with Gasteiger partial charge in [0.1, 0.15) is 0 Å². The van der Waals surface area contributed by atoms with Gasteiger partial charge >= 0.3 is 5.97 Å². The third kappa shape index (κ3) is 3.06. The Bertz CT molecular complexity index is 391. The molecule has 5 heteroatoms. The van der Waals surface area contributed by atoms with Gasteiger partial charge in [-0.1, -0.05) is 12.1 Å². The molecule has 0 spiro atoms. The fraction of sp³-hybridized carbons (Fsp3) is 0.273. The van der Waals surface area contributed by atoms with Crippen LogP contribution in [-0.2, 0) is 0 Å². The Balaban J connectivity index is 2.78. The van der Waals surface area contributed by atoms with Gasteiger partial charge < -0.3 is 15.7 Å². The van der Waals surface area contributed by atoms with Crippen LogP contribution >= 0.6 is 0 Å². The Kier molecular flexibility index (Phi) is 4.47. The van der Waals surface area contributed by atoms with Gasteiger partial charge in [-0.05, 0) is 19.2 Å². The first kappa shape index (κ1) is 12.2. The van der Waals surface area contributed by atoms with Gasteiger partial charge in [-0.2, -0.15) is 0 Å². The summed E-state index contributed by atoms with van der Waals surface area (Å²) < 4.78 is 0. The van der Waals surface area contributed by atoms with Crippen LogP contribution in [0.5, 0.6) is 0 Å². The van der Waals surface area contributed by atoms with Crippen molar-refractivity contribution >= 4 is 11.9 Å². The van der Waals surface area contributed by atoms with E-state index in [1.165, 1.54) is 12.1 Å². The molecule has 0 aliphatic carbocycles. The highest BCUT2D eigenvalue weighted by Gasteiger charge is 2.14. The first-order valence-corrected chi connectivity index (χ1v) is 4.92. The molecule has 16 heavy (non-hydrogen) atoms. The average Bonchev–Trinajstić information content (AvgIpc) is 2.29. The van der Waals surface area contributed by atoms with E-state index < -0.39 is 5.97 Å². The van der Waals surface area contributed by atoms with Gasteiger partial charge in [-0.25, -0.2) is 4.79 Å². The Morgan fingerprint density at radius 2 is 1.81 bits per heavy atom. The molecule has 0 aliphatic heterocycles. The van der Waals surface area contributed by atoms with Gasteiger partial charge in [0.05, 0.1) is 11.1 Å². The van der Waals surface area contributed by atoms with Crippen LogP contribution < -0.4 is 10.6 Å². The third-order valence-corrected chi connectivity index (χ3v) is 2.06. The molecule has 1 aromatic rings. The van der Waals surface area contributed by atoms with E-state index in [9.17, 15) is 9.59 Å². The highest BCUT2D eigenvalue weighted by molar-refractivity contribution is 6.04. The van der Waals surface area contributed by atoms with Crippen molar-refractivity contribution in [2.75, 3.05) is 20.1 Å². The van der Waals surface area contributed by atoms with Crippen molar-refractivity contribution in [2.45, 2.75) is 0 Å². The number of hydrogen-bond acceptors (Lipinski definition) is 3. The lowest BCUT2D eigenvalue weighted by Crippen LogP contribution is -2.31. The first-order chi connectivity index (χ1) is 7.66. The maximum atomic E-state index is 11.6. The standard InChI is InChI=1S/C11H14N2O3/c1-12-6-7-13-10(14)8-4-2-3-5-9(8)11(15)16/h2-5,12H,6-7H2,1H3,(H,13,14)(H,15,16). The quantitative estimate of drug-likeness (QED) is 0.627. The zero-order valence-corrected chi connectivity index (χ0v) is 8.99. The highest BCUT2D eigenvalue weighted by atomic mass is 16.4. The molecular formula is C11H14N2O3. The SMILES string of the molecule is CNCCNC(=O)c1ccccc1C(=O)O. The molecule has 0 heterocycles. The molecule has 0 saturated heterocycles. The van der Waals surface area contributed by atoms with E-state index in [0.717, 1.165) is 0 Å². The van der Waals surface area contributed by atoms with Gasteiger partial charge in [0.25, 0.3) is 5.91 Å². The summed E-state index contributed by atoms with van der Waals surface area (Å²) >= 11 is 0. The fourth-order valence-electron chi connectivity index (χ4n) is 1.26. The molecular weight excluding hydrogens is 208 g/mol. The lowest BCUT2D eigenvalue weighted by atomic mass is 10.1. The van der Waals surface area contributed by atoms with Crippen molar-refractivity contribution < 1.29 is 14.7 Å². The van der Waals surface area contributed by atoms with Gasteiger partial charge in [0.15, 0.2) is 0 Å². The average molecular weight is 222 g/mol. The molecule has 0 bridgehead atoms. The molecule has 1 amide bonds. The van der Waals surface area contributed by atoms with Crippen LogP contribution in [0, 0.1) is 0 Å². The maximum Gasteiger partial charge on any atom is 0.336 e. The van der Waals surface area contributed by atoms with Crippen LogP contribution in [-0.4, -0.2) is 37.1 Å². The minimum atomic E-state index is -1.10. The second kappa shape index (κ2) is 5.87. The van der Waals surface area contributed by atoms with E-state index in [2.05, 4.69) is 10.6 Å². The fourth-order valence-corrected chi connectivity index (χ4v) is 1.26. The Morgan fingerprint density at radius 3 is 2.38 bits per heavy atom. The Labute approximate surface area is 93.5 Å². The molecule has 5 nitrogen and oxygen atoms in total. The van der Waals surface area contributed by atoms with Crippen molar-refractivity contribution in [3.05, 3.63) is 35.4 Å². The summed E-state index contributed by atoms with van der Waals surface area (Å²) in [5.41, 5.74) is 0.204. The Morgan fingerprint density at radius 1 is 1.19 bits per heavy atom. The molecule has 0 atom stereocenters. The topological polar surface area (TPSA) is 78.4 Å². The van der Waals surface area contributed by atoms with Crippen LogP contribution in [0.4, 0.5) is 0 Å². The smallest absolute Gasteiger partial charge is 0.336 e. The Hall–Kier alpha value is -1.88. The summed E-state index contributed by atoms with van der Waals surface area (Å²) in [6.07, 6.45) is 0. The molecule has 1 aromatic carbocycles. The van der Waals surface area contributed by atoms with Gasteiger partial charge in [-0.3, -0.25) is 4.79 Å². The van der Waals surface area contributed by atoms with E-state index in [4.69, 9.17) is 5.11 Å². The molecule has 0 aliphatic rings. The number of carbonyl (C=O) groups is 2. The normalized spacial score (nSPS) is 9.81. The number of nitrogens with one attached hydrogen (secondary N) is 2. The number of carboxylic acid groups (broad SMARTS) is 1. The lowest BCUT2D eigenvalue weighted by Gasteiger charge is -2.06. The zero-order chi connectivity index (χ0) is 12.0. The number of aromatic carboxylic acids is 1. The minimum Gasteiger partial charge on any atom is -0.478 e. The predicted octanol–water partition coefficient (Wildman–Crippen LogP) is 0.334. The summed E-state index contributed by atoms with van der Waals surface area (Å²) in [6, 6.07) is 6.14. The van der Waals surface area contributed by atoms with Crippen LogP contribution in [0.2, 0.25) is 0 Å². The third-order valence-electron chi connectivity index (χ3n) is 2.06. The van der Waals surface area contributed by atoms with E-state index >= 15 is 0 Å². The molecule has 0 saturated carbocycles. The minimum absolute atomic E-state index is 0.0180. The summed E-state index contributed by atoms with van der Waals surface area (Å²) in [5, 5.41) is 14.4. The number of likely N-dealkylation sites (N-methyl/N-ethyl adjacent to an activating group) is 1. The van der Waals surface area contributed by atoms with E-state index in [1.54, 1.807) is 19.2 Å². The number of carboxylic acids is 1. The number of hydrogen-bond donors (Lipinski definition) is 3. The molecule has 0 unspecified atom stereocenters. The van der Waals surface area contributed by atoms with Crippen molar-refractivity contribution in [2.24, 2.45) is 0 Å². The first-order valence-electron chi connectivity index (χ1n) is 4.92. The number of benzene rings is 1. The summed E-state index contributed by atoms with van der Waals surface area (Å²) in [6.45, 7) is 1.10. The summed E-state index contributed by atoms with van der Waals surface area (Å²) in [4.78, 5) is 22.5. The second-order valence-corrected chi connectivity index (χ2v) is 3.21. The van der Waals surface area contributed by atoms with Crippen molar-refractivity contribution in [1.82, 2.24) is 10.6 Å². The monoisotopic (exact) mass is 222 g/mol. The van der Waals surface area contributed by atoms with E-state index in [1.807, 2.05) is 0 Å². The van der Waals surface area contributed by atoms with Gasteiger partial charge in [-0.15, -0.1) is 0 Å². The molecule has 0 fully saturated rings. The second-order valence-electron chi connectivity index (χ2n) is 3.21. The van der Waals surface area contributed by atoms with Crippen molar-refractivity contribution in [3.8, 4) is 0 Å². The number of amides is 1. The van der Waals surface area contributed by atoms with Gasteiger partial charge in [0.2, 0.25) is 0 Å². The molecule has 86 valence electrons. The van der Waals surface area contributed by atoms with Crippen LogP contribution in [0.15, 0.2) is 24.3 Å². The van der Waals surface area contributed by atoms with Crippen molar-refractivity contribution in [1.29, 1.82) is 0 Å². The van der Waals surface area contributed by atoms with Crippen molar-refractivity contribution in [3.63, 3.8) is 0 Å². The summed E-state index contributed by atoms with van der Waals surface area (Å²) in [5.74, 6) is -1.47. The van der Waals surface area contributed by atoms with Gasteiger partial charge in [0, 0.05) is 13.1 Å². The van der Waals surface area contributed by atoms with Crippen LogP contribution in [0.1, 0.15) is 20.7 Å². The van der Waals surface area contributed by atoms with E-state index in [-0.39, 0.29) is 17.0 Å². The molecule has 3 N–H and O–H groups in total. The predicted molar refractivity (Wildman–Crippen MR) is 59.7 cm³/mol. The highest BCUT2D eigenvalue weighted by Crippen LogP contribution is 2.08. The molecule has 0 aromatic heterocycles. The largest absolute Gasteiger partial charge is 0.478 e. The van der Waals surface area contributed by atoms with E-state index in [0.29, 0.717) is 13.1 Å². The molecule has 0 radical (unpaired) electrons. The maximum absolute atomic E-state index is 11.6. The molecule has 1 rings (SSSR count). The summed E-state index contributed by atoms with van der Waals surface area (Å²) in [7, 11) is 1.78. The number of carbonyl (C=O) groups excluding carboxylic acids is 1. The van der Waals surface area contributed by atoms with Crippen LogP contribution in [0.25, 0.3) is 0 Å².